The van der Waals surface area contributed by atoms with Crippen molar-refractivity contribution in [1.29, 1.82) is 0 Å². The summed E-state index contributed by atoms with van der Waals surface area (Å²) in [6, 6.07) is 9.98. The lowest BCUT2D eigenvalue weighted by molar-refractivity contribution is -0.384. The highest BCUT2D eigenvalue weighted by Crippen LogP contribution is 2.40. The van der Waals surface area contributed by atoms with E-state index in [1.165, 1.54) is 12.1 Å². The number of nitrogens with one attached hydrogen (secondary N) is 1. The summed E-state index contributed by atoms with van der Waals surface area (Å²) in [7, 11) is 3.21. The molecule has 0 radical (unpaired) electrons. The number of ether oxygens (including phenoxy) is 2. The SMILES string of the molecule is COc1cc2cc(c1OC)Cc1nc(C)n3nc(-c4ccc([N+](=O)[O-])cc4)nc(c13)N2. The molecule has 4 aromatic rings. The quantitative estimate of drug-likeness (QED) is 0.347. The van der Waals surface area contributed by atoms with Crippen LogP contribution in [0.15, 0.2) is 36.4 Å². The van der Waals surface area contributed by atoms with Gasteiger partial charge in [-0.05, 0) is 25.1 Å². The van der Waals surface area contributed by atoms with E-state index < -0.39 is 4.92 Å². The van der Waals surface area contributed by atoms with Crippen molar-refractivity contribution in [3.05, 3.63) is 63.6 Å². The Labute approximate surface area is 176 Å². The van der Waals surface area contributed by atoms with Crippen LogP contribution >= 0.6 is 0 Å². The van der Waals surface area contributed by atoms with E-state index in [9.17, 15) is 10.1 Å². The second kappa shape index (κ2) is 6.94. The maximum atomic E-state index is 11.0. The van der Waals surface area contributed by atoms with Crippen LogP contribution in [0.5, 0.6) is 11.5 Å². The van der Waals surface area contributed by atoms with Gasteiger partial charge in [-0.3, -0.25) is 10.1 Å². The number of hydrogen-bond acceptors (Lipinski definition) is 8. The Balaban J connectivity index is 1.69. The van der Waals surface area contributed by atoms with Crippen LogP contribution in [0.1, 0.15) is 17.1 Å². The minimum Gasteiger partial charge on any atom is -0.493 e. The summed E-state index contributed by atoms with van der Waals surface area (Å²) in [4.78, 5) is 20.0. The molecule has 10 heteroatoms. The number of nitro benzene ring substituents is 1. The zero-order chi connectivity index (χ0) is 21.7. The summed E-state index contributed by atoms with van der Waals surface area (Å²) >= 11 is 0. The van der Waals surface area contributed by atoms with E-state index in [4.69, 9.17) is 19.4 Å². The highest BCUT2D eigenvalue weighted by atomic mass is 16.6. The van der Waals surface area contributed by atoms with Crippen molar-refractivity contribution in [2.45, 2.75) is 13.3 Å². The van der Waals surface area contributed by atoms with Crippen LogP contribution in [0, 0.1) is 17.0 Å². The summed E-state index contributed by atoms with van der Waals surface area (Å²) in [6.07, 6.45) is 0.527. The number of non-ortho nitro benzene ring substituents is 1. The monoisotopic (exact) mass is 418 g/mol. The number of aryl methyl sites for hydroxylation is 1. The molecule has 2 aromatic carbocycles. The van der Waals surface area contributed by atoms with Crippen LogP contribution < -0.4 is 14.8 Å². The molecule has 0 saturated heterocycles. The normalized spacial score (nSPS) is 12.1. The van der Waals surface area contributed by atoms with Crippen LogP contribution in [0.2, 0.25) is 0 Å². The molecule has 1 N–H and O–H groups in total. The van der Waals surface area contributed by atoms with Crippen molar-refractivity contribution in [3.8, 4) is 22.9 Å². The first-order valence-electron chi connectivity index (χ1n) is 9.51. The van der Waals surface area contributed by atoms with Crippen molar-refractivity contribution in [2.24, 2.45) is 0 Å². The van der Waals surface area contributed by atoms with Crippen molar-refractivity contribution >= 4 is 22.7 Å². The molecule has 0 fully saturated rings. The first-order valence-corrected chi connectivity index (χ1v) is 9.51. The van der Waals surface area contributed by atoms with E-state index in [0.717, 1.165) is 22.5 Å². The fraction of sp³-hybridized carbons (Fsp3) is 0.190. The third-order valence-electron chi connectivity index (χ3n) is 5.24. The first-order chi connectivity index (χ1) is 15.0. The molecule has 1 aliphatic rings. The summed E-state index contributed by atoms with van der Waals surface area (Å²) in [6.45, 7) is 1.87. The van der Waals surface area contributed by atoms with Gasteiger partial charge in [-0.25, -0.2) is 14.5 Å². The molecule has 156 valence electrons. The Morgan fingerprint density at radius 3 is 2.58 bits per heavy atom. The largest absolute Gasteiger partial charge is 0.493 e. The summed E-state index contributed by atoms with van der Waals surface area (Å²) in [5.74, 6) is 3.01. The highest BCUT2D eigenvalue weighted by molar-refractivity contribution is 5.80. The van der Waals surface area contributed by atoms with Crippen LogP contribution in [0.25, 0.3) is 16.9 Å². The molecule has 2 bridgehead atoms. The Morgan fingerprint density at radius 1 is 1.13 bits per heavy atom. The second-order valence-electron chi connectivity index (χ2n) is 7.13. The van der Waals surface area contributed by atoms with Crippen LogP contribution in [0.3, 0.4) is 0 Å². The number of rotatable bonds is 4. The van der Waals surface area contributed by atoms with Gasteiger partial charge in [0.25, 0.3) is 5.69 Å². The van der Waals surface area contributed by atoms with E-state index in [0.29, 0.717) is 40.9 Å². The fourth-order valence-electron chi connectivity index (χ4n) is 3.84. The standard InChI is InChI=1S/C21H18N6O4/c1-11-22-16-9-13-8-14(10-17(30-2)19(13)31-3)23-21-18(16)26(11)25-20(24-21)12-4-6-15(7-5-12)27(28)29/h4-8,10H,9H2,1-3H3,(H,23,24,25). The van der Waals surface area contributed by atoms with Crippen LogP contribution in [0.4, 0.5) is 17.2 Å². The molecule has 0 saturated carbocycles. The van der Waals surface area contributed by atoms with Gasteiger partial charge in [0, 0.05) is 41.4 Å². The smallest absolute Gasteiger partial charge is 0.269 e. The molecule has 0 amide bonds. The molecule has 0 unspecified atom stereocenters. The van der Waals surface area contributed by atoms with Crippen molar-refractivity contribution in [1.82, 2.24) is 19.6 Å². The Kier molecular flexibility index (Phi) is 4.21. The summed E-state index contributed by atoms with van der Waals surface area (Å²) < 4.78 is 12.8. The van der Waals surface area contributed by atoms with Gasteiger partial charge >= 0.3 is 0 Å². The molecule has 31 heavy (non-hydrogen) atoms. The second-order valence-corrected chi connectivity index (χ2v) is 7.13. The summed E-state index contributed by atoms with van der Waals surface area (Å²) in [5, 5.41) is 19.0. The molecular weight excluding hydrogens is 400 g/mol. The van der Waals surface area contributed by atoms with E-state index in [1.807, 2.05) is 19.1 Å². The number of anilines is 2. The molecule has 1 aliphatic heterocycles. The predicted molar refractivity (Wildman–Crippen MR) is 113 cm³/mol. The van der Waals surface area contributed by atoms with Gasteiger partial charge in [0.1, 0.15) is 11.3 Å². The van der Waals surface area contributed by atoms with Gasteiger partial charge < -0.3 is 14.8 Å². The van der Waals surface area contributed by atoms with E-state index in [-0.39, 0.29) is 5.69 Å². The van der Waals surface area contributed by atoms with E-state index in [1.54, 1.807) is 30.9 Å². The Hall–Kier alpha value is -4.21. The zero-order valence-corrected chi connectivity index (χ0v) is 17.0. The molecular formula is C21H18N6O4. The number of aromatic nitrogens is 4. The minimum absolute atomic E-state index is 0.0107. The molecule has 0 aliphatic carbocycles. The van der Waals surface area contributed by atoms with Gasteiger partial charge in [0.2, 0.25) is 0 Å². The van der Waals surface area contributed by atoms with Crippen molar-refractivity contribution in [3.63, 3.8) is 0 Å². The lowest BCUT2D eigenvalue weighted by Crippen LogP contribution is -2.08. The number of methoxy groups -OCH3 is 2. The molecule has 0 atom stereocenters. The molecule has 0 spiro atoms. The Morgan fingerprint density at radius 2 is 1.90 bits per heavy atom. The van der Waals surface area contributed by atoms with Crippen LogP contribution in [-0.2, 0) is 6.42 Å². The topological polar surface area (TPSA) is 117 Å². The van der Waals surface area contributed by atoms with Crippen LogP contribution in [-0.4, -0.2) is 38.7 Å². The van der Waals surface area contributed by atoms with E-state index >= 15 is 0 Å². The Bertz CT molecular complexity index is 1350. The first kappa shape index (κ1) is 18.8. The average molecular weight is 418 g/mol. The molecule has 3 heterocycles. The molecule has 10 nitrogen and oxygen atoms in total. The predicted octanol–water partition coefficient (Wildman–Crippen LogP) is 3.67. The van der Waals surface area contributed by atoms with Gasteiger partial charge in [0.05, 0.1) is 24.8 Å². The van der Waals surface area contributed by atoms with Crippen molar-refractivity contribution < 1.29 is 14.4 Å². The maximum Gasteiger partial charge on any atom is 0.269 e. The number of imidazole rings is 1. The number of fused-ring (bicyclic) bond motifs is 2. The van der Waals surface area contributed by atoms with Gasteiger partial charge in [-0.1, -0.05) is 0 Å². The third-order valence-corrected chi connectivity index (χ3v) is 5.24. The molecule has 2 aromatic heterocycles. The van der Waals surface area contributed by atoms with Gasteiger partial charge in [0.15, 0.2) is 23.1 Å². The minimum atomic E-state index is -0.437. The highest BCUT2D eigenvalue weighted by Gasteiger charge is 2.24. The fourth-order valence-corrected chi connectivity index (χ4v) is 3.84. The summed E-state index contributed by atoms with van der Waals surface area (Å²) in [5.41, 5.74) is 4.00. The zero-order valence-electron chi connectivity index (χ0n) is 17.0. The number of hydrogen-bond donors (Lipinski definition) is 1. The number of nitro groups is 1. The molecule has 5 rings (SSSR count). The average Bonchev–Trinajstić information content (AvgIpc) is 3.07. The van der Waals surface area contributed by atoms with Crippen molar-refractivity contribution in [2.75, 3.05) is 19.5 Å². The van der Waals surface area contributed by atoms with Gasteiger partial charge in [-0.15, -0.1) is 5.10 Å². The third kappa shape index (κ3) is 3.00. The lowest BCUT2D eigenvalue weighted by atomic mass is 10.0. The number of nitrogens with zero attached hydrogens (tertiary/aromatic N) is 5. The lowest BCUT2D eigenvalue weighted by Gasteiger charge is -2.18. The van der Waals surface area contributed by atoms with Gasteiger partial charge in [-0.2, -0.15) is 0 Å². The maximum absolute atomic E-state index is 11.0. The number of benzene rings is 2. The van der Waals surface area contributed by atoms with E-state index in [2.05, 4.69) is 10.4 Å².